The van der Waals surface area contributed by atoms with E-state index in [2.05, 4.69) is 5.32 Å². The number of anilines is 1. The van der Waals surface area contributed by atoms with Gasteiger partial charge in [-0.3, -0.25) is 9.10 Å². The second kappa shape index (κ2) is 10.8. The molecule has 186 valence electrons. The van der Waals surface area contributed by atoms with Crippen LogP contribution in [0.2, 0.25) is 0 Å². The van der Waals surface area contributed by atoms with Gasteiger partial charge in [-0.05, 0) is 62.2 Å². The van der Waals surface area contributed by atoms with E-state index in [0.29, 0.717) is 12.2 Å². The van der Waals surface area contributed by atoms with E-state index in [-0.39, 0.29) is 16.3 Å². The van der Waals surface area contributed by atoms with Gasteiger partial charge in [-0.15, -0.1) is 0 Å². The van der Waals surface area contributed by atoms with Crippen molar-refractivity contribution in [3.63, 3.8) is 0 Å². The number of methoxy groups -OCH3 is 2. The summed E-state index contributed by atoms with van der Waals surface area (Å²) < 4.78 is 52.2. The molecule has 1 N–H and O–H groups in total. The highest BCUT2D eigenvalue weighted by atomic mass is 32.2. The molecule has 0 unspecified atom stereocenters. The van der Waals surface area contributed by atoms with Gasteiger partial charge >= 0.3 is 0 Å². The Bertz CT molecular complexity index is 1260. The van der Waals surface area contributed by atoms with Crippen molar-refractivity contribution in [1.82, 2.24) is 5.32 Å². The molecule has 3 rings (SSSR count). The number of hydrogen-bond acceptors (Lipinski definition) is 5. The zero-order valence-corrected chi connectivity index (χ0v) is 20.9. The van der Waals surface area contributed by atoms with Gasteiger partial charge in [-0.2, -0.15) is 0 Å². The molecule has 0 spiro atoms. The Morgan fingerprint density at radius 3 is 2.17 bits per heavy atom. The van der Waals surface area contributed by atoms with Crippen molar-refractivity contribution < 1.29 is 27.1 Å². The first-order valence-corrected chi connectivity index (χ1v) is 12.3. The van der Waals surface area contributed by atoms with Crippen LogP contribution in [0.3, 0.4) is 0 Å². The first kappa shape index (κ1) is 26.0. The molecule has 0 fully saturated rings. The van der Waals surface area contributed by atoms with Crippen molar-refractivity contribution in [1.29, 1.82) is 0 Å². The zero-order chi connectivity index (χ0) is 25.6. The maximum atomic E-state index is 13.6. The Hall–Kier alpha value is -3.59. The van der Waals surface area contributed by atoms with Crippen molar-refractivity contribution in [2.45, 2.75) is 30.7 Å². The van der Waals surface area contributed by atoms with Crippen molar-refractivity contribution in [3.05, 3.63) is 84.2 Å². The fourth-order valence-electron chi connectivity index (χ4n) is 3.72. The molecule has 0 aromatic heterocycles. The van der Waals surface area contributed by atoms with E-state index >= 15 is 0 Å². The molecule has 9 heteroatoms. The Morgan fingerprint density at radius 1 is 0.943 bits per heavy atom. The average molecular weight is 501 g/mol. The predicted octanol–water partition coefficient (Wildman–Crippen LogP) is 4.18. The number of hydrogen-bond donors (Lipinski definition) is 1. The molecule has 35 heavy (non-hydrogen) atoms. The van der Waals surface area contributed by atoms with Crippen LogP contribution in [0.1, 0.15) is 19.4 Å². The van der Waals surface area contributed by atoms with Gasteiger partial charge in [0, 0.05) is 11.6 Å². The first-order chi connectivity index (χ1) is 16.6. The van der Waals surface area contributed by atoms with Crippen molar-refractivity contribution in [3.8, 4) is 11.5 Å². The van der Waals surface area contributed by atoms with E-state index in [0.717, 1.165) is 22.0 Å². The van der Waals surface area contributed by atoms with Crippen LogP contribution in [0.4, 0.5) is 10.1 Å². The Morgan fingerprint density at radius 2 is 1.57 bits per heavy atom. The van der Waals surface area contributed by atoms with E-state index in [1.165, 1.54) is 44.6 Å². The van der Waals surface area contributed by atoms with Crippen LogP contribution in [0.25, 0.3) is 0 Å². The molecule has 0 saturated carbocycles. The molecule has 0 heterocycles. The van der Waals surface area contributed by atoms with Gasteiger partial charge in [0.15, 0.2) is 11.5 Å². The largest absolute Gasteiger partial charge is 0.493 e. The van der Waals surface area contributed by atoms with Crippen molar-refractivity contribution in [2.24, 2.45) is 0 Å². The number of carbonyl (C=O) groups excluding carboxylic acids is 1. The molecular weight excluding hydrogens is 471 g/mol. The third-order valence-corrected chi connectivity index (χ3v) is 7.08. The standard InChI is InChI=1S/C26H29FN2O5S/c1-26(2,17-19-8-6-5-7-9-19)28-25(30)18-29(21-12-10-20(27)11-13-21)35(31,32)22-14-15-23(33-3)24(16-22)34-4/h5-16H,17-18H2,1-4H3,(H,28,30). The number of rotatable bonds is 10. The van der Waals surface area contributed by atoms with Crippen LogP contribution < -0.4 is 19.1 Å². The number of nitrogens with zero attached hydrogens (tertiary/aromatic N) is 1. The summed E-state index contributed by atoms with van der Waals surface area (Å²) in [4.78, 5) is 13.0. The summed E-state index contributed by atoms with van der Waals surface area (Å²) >= 11 is 0. The lowest BCUT2D eigenvalue weighted by Crippen LogP contribution is -2.50. The summed E-state index contributed by atoms with van der Waals surface area (Å²) in [6.07, 6.45) is 0.554. The number of nitrogens with one attached hydrogen (secondary N) is 1. The van der Waals surface area contributed by atoms with E-state index in [1.807, 2.05) is 44.2 Å². The quantitative estimate of drug-likeness (QED) is 0.452. The van der Waals surface area contributed by atoms with Gasteiger partial charge < -0.3 is 14.8 Å². The molecule has 0 aliphatic rings. The van der Waals surface area contributed by atoms with E-state index in [4.69, 9.17) is 9.47 Å². The van der Waals surface area contributed by atoms with Crippen LogP contribution >= 0.6 is 0 Å². The Balaban J connectivity index is 1.91. The lowest BCUT2D eigenvalue weighted by Gasteiger charge is -2.29. The minimum absolute atomic E-state index is 0.101. The molecule has 0 bridgehead atoms. The maximum absolute atomic E-state index is 13.6. The summed E-state index contributed by atoms with van der Waals surface area (Å²) in [5.74, 6) is -0.439. The molecule has 0 aliphatic carbocycles. The number of sulfonamides is 1. The first-order valence-electron chi connectivity index (χ1n) is 10.9. The van der Waals surface area contributed by atoms with Crippen LogP contribution in [-0.2, 0) is 21.2 Å². The molecule has 0 saturated heterocycles. The van der Waals surface area contributed by atoms with Crippen LogP contribution in [-0.4, -0.2) is 40.6 Å². The molecule has 3 aromatic rings. The summed E-state index contributed by atoms with van der Waals surface area (Å²) in [5.41, 5.74) is 0.545. The number of ether oxygens (including phenoxy) is 2. The second-order valence-electron chi connectivity index (χ2n) is 8.60. The molecule has 0 radical (unpaired) electrons. The average Bonchev–Trinajstić information content (AvgIpc) is 2.82. The van der Waals surface area contributed by atoms with Gasteiger partial charge in [-0.25, -0.2) is 12.8 Å². The molecule has 0 atom stereocenters. The van der Waals surface area contributed by atoms with Gasteiger partial charge in [0.2, 0.25) is 5.91 Å². The van der Waals surface area contributed by atoms with E-state index in [1.54, 1.807) is 0 Å². The van der Waals surface area contributed by atoms with Crippen molar-refractivity contribution >= 4 is 21.6 Å². The minimum atomic E-state index is -4.22. The zero-order valence-electron chi connectivity index (χ0n) is 20.1. The Kier molecular flexibility index (Phi) is 8.01. The minimum Gasteiger partial charge on any atom is -0.493 e. The highest BCUT2D eigenvalue weighted by Gasteiger charge is 2.30. The van der Waals surface area contributed by atoms with Gasteiger partial charge in [0.05, 0.1) is 24.8 Å². The third kappa shape index (κ3) is 6.51. The SMILES string of the molecule is COc1ccc(S(=O)(=O)N(CC(=O)NC(C)(C)Cc2ccccc2)c2ccc(F)cc2)cc1OC. The number of halogens is 1. The number of carbonyl (C=O) groups is 1. The number of benzene rings is 3. The summed E-state index contributed by atoms with van der Waals surface area (Å²) in [7, 11) is -1.38. The molecular formula is C26H29FN2O5S. The third-order valence-electron chi connectivity index (χ3n) is 5.31. The lowest BCUT2D eigenvalue weighted by molar-refractivity contribution is -0.121. The molecule has 1 amide bonds. The smallest absolute Gasteiger partial charge is 0.264 e. The normalized spacial score (nSPS) is 11.6. The number of amides is 1. The predicted molar refractivity (Wildman–Crippen MR) is 133 cm³/mol. The molecule has 3 aromatic carbocycles. The lowest BCUT2D eigenvalue weighted by atomic mass is 9.95. The summed E-state index contributed by atoms with van der Waals surface area (Å²) in [6.45, 7) is 3.23. The van der Waals surface area contributed by atoms with E-state index in [9.17, 15) is 17.6 Å². The van der Waals surface area contributed by atoms with Crippen molar-refractivity contribution in [2.75, 3.05) is 25.1 Å². The molecule has 7 nitrogen and oxygen atoms in total. The highest BCUT2D eigenvalue weighted by molar-refractivity contribution is 7.92. The van der Waals surface area contributed by atoms with Gasteiger partial charge in [0.1, 0.15) is 12.4 Å². The fourth-order valence-corrected chi connectivity index (χ4v) is 5.16. The second-order valence-corrected chi connectivity index (χ2v) is 10.5. The molecule has 0 aliphatic heterocycles. The van der Waals surface area contributed by atoms with Gasteiger partial charge in [-0.1, -0.05) is 30.3 Å². The Labute approximate surface area is 205 Å². The van der Waals surface area contributed by atoms with Crippen LogP contribution in [0, 0.1) is 5.82 Å². The topological polar surface area (TPSA) is 84.9 Å². The maximum Gasteiger partial charge on any atom is 0.264 e. The fraction of sp³-hybridized carbons (Fsp3) is 0.269. The summed E-state index contributed by atoms with van der Waals surface area (Å²) in [6, 6.07) is 18.7. The van der Waals surface area contributed by atoms with Crippen LogP contribution in [0.5, 0.6) is 11.5 Å². The summed E-state index contributed by atoms with van der Waals surface area (Å²) in [5, 5.41) is 2.92. The monoisotopic (exact) mass is 500 g/mol. The highest BCUT2D eigenvalue weighted by Crippen LogP contribution is 2.32. The van der Waals surface area contributed by atoms with E-state index < -0.39 is 33.8 Å². The van der Waals surface area contributed by atoms with Gasteiger partial charge in [0.25, 0.3) is 10.0 Å². The van der Waals surface area contributed by atoms with Crippen LogP contribution in [0.15, 0.2) is 77.7 Å².